The molecule has 0 aliphatic heterocycles. The Kier molecular flexibility index (Phi) is 4.68. The molecule has 2 nitrogen and oxygen atoms in total. The molecule has 0 fully saturated rings. The third kappa shape index (κ3) is 3.06. The normalized spacial score (nSPS) is 12.1. The molecule has 0 atom stereocenters. The first-order valence-corrected chi connectivity index (χ1v) is 8.20. The highest BCUT2D eigenvalue weighted by molar-refractivity contribution is 6.36. The molecular formula is C21H17ClO2. The van der Waals surface area contributed by atoms with Crippen LogP contribution in [0.15, 0.2) is 66.7 Å². The summed E-state index contributed by atoms with van der Waals surface area (Å²) in [5, 5.41) is 12.5. The first-order valence-electron chi connectivity index (χ1n) is 7.82. The van der Waals surface area contributed by atoms with Gasteiger partial charge in [-0.05, 0) is 40.5 Å². The average molecular weight is 337 g/mol. The second-order valence-corrected chi connectivity index (χ2v) is 5.96. The Balaban J connectivity index is 2.27. The predicted molar refractivity (Wildman–Crippen MR) is 100 cm³/mol. The fraction of sp³-hybridized carbons (Fsp3) is 0.0952. The van der Waals surface area contributed by atoms with Gasteiger partial charge in [0.1, 0.15) is 0 Å². The van der Waals surface area contributed by atoms with Crippen LogP contribution in [0.5, 0.6) is 0 Å². The standard InChI is InChI=1S/C21H17ClO2/c1-2-17(16-12-11-14-7-3-4-8-15(14)13-16)20(21(23)24)18-9-5-6-10-19(18)22/h3-13H,2H2,1H3,(H,23,24)/b20-17+. The van der Waals surface area contributed by atoms with Crippen molar-refractivity contribution in [3.8, 4) is 0 Å². The molecule has 0 aromatic heterocycles. The molecule has 0 heterocycles. The van der Waals surface area contributed by atoms with E-state index in [2.05, 4.69) is 0 Å². The van der Waals surface area contributed by atoms with E-state index in [9.17, 15) is 9.90 Å². The van der Waals surface area contributed by atoms with Gasteiger partial charge in [-0.2, -0.15) is 0 Å². The second kappa shape index (κ2) is 6.90. The summed E-state index contributed by atoms with van der Waals surface area (Å²) in [5.74, 6) is -0.965. The zero-order valence-electron chi connectivity index (χ0n) is 13.3. The lowest BCUT2D eigenvalue weighted by molar-refractivity contribution is -0.130. The number of benzene rings is 3. The maximum atomic E-state index is 12.0. The summed E-state index contributed by atoms with van der Waals surface area (Å²) in [6, 6.07) is 21.1. The number of halogens is 1. The van der Waals surface area contributed by atoms with Crippen LogP contribution >= 0.6 is 11.6 Å². The van der Waals surface area contributed by atoms with Crippen LogP contribution in [0.1, 0.15) is 24.5 Å². The highest BCUT2D eigenvalue weighted by Crippen LogP contribution is 2.34. The lowest BCUT2D eigenvalue weighted by Crippen LogP contribution is -2.04. The van der Waals surface area contributed by atoms with E-state index in [4.69, 9.17) is 11.6 Å². The molecule has 3 rings (SSSR count). The Labute approximate surface area is 146 Å². The Morgan fingerprint density at radius 3 is 2.29 bits per heavy atom. The van der Waals surface area contributed by atoms with Crippen LogP contribution in [0.4, 0.5) is 0 Å². The first-order chi connectivity index (χ1) is 11.6. The first kappa shape index (κ1) is 16.3. The maximum absolute atomic E-state index is 12.0. The van der Waals surface area contributed by atoms with Gasteiger partial charge in [0.25, 0.3) is 0 Å². The van der Waals surface area contributed by atoms with Gasteiger partial charge < -0.3 is 5.11 Å². The summed E-state index contributed by atoms with van der Waals surface area (Å²) < 4.78 is 0. The Morgan fingerprint density at radius 2 is 1.62 bits per heavy atom. The zero-order valence-corrected chi connectivity index (χ0v) is 14.0. The van der Waals surface area contributed by atoms with Gasteiger partial charge in [0.2, 0.25) is 0 Å². The van der Waals surface area contributed by atoms with Crippen molar-refractivity contribution in [1.82, 2.24) is 0 Å². The number of hydrogen-bond acceptors (Lipinski definition) is 1. The minimum absolute atomic E-state index is 0.262. The van der Waals surface area contributed by atoms with Crippen LogP contribution in [0, 0.1) is 0 Å². The lowest BCUT2D eigenvalue weighted by atomic mass is 9.91. The van der Waals surface area contributed by atoms with E-state index in [1.807, 2.05) is 49.4 Å². The third-order valence-electron chi connectivity index (χ3n) is 4.11. The van der Waals surface area contributed by atoms with Crippen molar-refractivity contribution in [2.45, 2.75) is 13.3 Å². The van der Waals surface area contributed by atoms with Gasteiger partial charge in [0, 0.05) is 10.6 Å². The highest BCUT2D eigenvalue weighted by atomic mass is 35.5. The summed E-state index contributed by atoms with van der Waals surface area (Å²) in [6.45, 7) is 1.96. The van der Waals surface area contributed by atoms with Gasteiger partial charge in [0.05, 0.1) is 5.57 Å². The molecule has 0 radical (unpaired) electrons. The summed E-state index contributed by atoms with van der Waals surface area (Å²) in [6.07, 6.45) is 0.602. The number of hydrogen-bond donors (Lipinski definition) is 1. The molecule has 1 N–H and O–H groups in total. The van der Waals surface area contributed by atoms with Crippen molar-refractivity contribution in [1.29, 1.82) is 0 Å². The van der Waals surface area contributed by atoms with E-state index in [1.54, 1.807) is 24.3 Å². The van der Waals surface area contributed by atoms with E-state index < -0.39 is 5.97 Å². The number of carbonyl (C=O) groups is 1. The predicted octanol–water partition coefficient (Wildman–Crippen LogP) is 5.90. The van der Waals surface area contributed by atoms with Crippen molar-refractivity contribution in [2.75, 3.05) is 0 Å². The van der Waals surface area contributed by atoms with Crippen molar-refractivity contribution in [3.05, 3.63) is 82.9 Å². The number of carboxylic acid groups (broad SMARTS) is 1. The molecule has 0 amide bonds. The molecule has 3 aromatic carbocycles. The van der Waals surface area contributed by atoms with E-state index in [0.29, 0.717) is 17.0 Å². The van der Waals surface area contributed by atoms with Gasteiger partial charge in [-0.15, -0.1) is 0 Å². The maximum Gasteiger partial charge on any atom is 0.336 e. The summed E-state index contributed by atoms with van der Waals surface area (Å²) >= 11 is 6.25. The van der Waals surface area contributed by atoms with Gasteiger partial charge in [-0.1, -0.05) is 73.1 Å². The topological polar surface area (TPSA) is 37.3 Å². The summed E-state index contributed by atoms with van der Waals surface area (Å²) in [4.78, 5) is 12.0. The number of carboxylic acids is 1. The average Bonchev–Trinajstić information content (AvgIpc) is 2.60. The van der Waals surface area contributed by atoms with Gasteiger partial charge in [0.15, 0.2) is 0 Å². The fourth-order valence-electron chi connectivity index (χ4n) is 2.97. The van der Waals surface area contributed by atoms with E-state index in [0.717, 1.165) is 21.9 Å². The molecule has 120 valence electrons. The van der Waals surface area contributed by atoms with Gasteiger partial charge in [-0.25, -0.2) is 4.79 Å². The number of fused-ring (bicyclic) bond motifs is 1. The SMILES string of the molecule is CC/C(=C(\C(=O)O)c1ccccc1Cl)c1ccc2ccccc2c1. The van der Waals surface area contributed by atoms with Crippen molar-refractivity contribution < 1.29 is 9.90 Å². The Morgan fingerprint density at radius 1 is 0.958 bits per heavy atom. The summed E-state index contributed by atoms with van der Waals surface area (Å²) in [5.41, 5.74) is 2.50. The quantitative estimate of drug-likeness (QED) is 0.476. The Bertz CT molecular complexity index is 941. The molecular weight excluding hydrogens is 320 g/mol. The smallest absolute Gasteiger partial charge is 0.336 e. The number of aliphatic carboxylic acids is 1. The van der Waals surface area contributed by atoms with E-state index in [1.165, 1.54) is 0 Å². The number of allylic oxidation sites excluding steroid dienone is 1. The van der Waals surface area contributed by atoms with Crippen LogP contribution in [-0.4, -0.2) is 11.1 Å². The van der Waals surface area contributed by atoms with Crippen LogP contribution in [-0.2, 0) is 4.79 Å². The molecule has 0 spiro atoms. The monoisotopic (exact) mass is 336 g/mol. The molecule has 0 bridgehead atoms. The molecule has 0 aliphatic rings. The molecule has 24 heavy (non-hydrogen) atoms. The second-order valence-electron chi connectivity index (χ2n) is 5.55. The van der Waals surface area contributed by atoms with E-state index in [-0.39, 0.29) is 5.57 Å². The van der Waals surface area contributed by atoms with E-state index >= 15 is 0 Å². The molecule has 0 aliphatic carbocycles. The van der Waals surface area contributed by atoms with Crippen molar-refractivity contribution in [2.24, 2.45) is 0 Å². The van der Waals surface area contributed by atoms with Crippen LogP contribution in [0.3, 0.4) is 0 Å². The van der Waals surface area contributed by atoms with Crippen molar-refractivity contribution >= 4 is 39.5 Å². The fourth-order valence-corrected chi connectivity index (χ4v) is 3.20. The molecule has 3 aromatic rings. The zero-order chi connectivity index (χ0) is 17.1. The lowest BCUT2D eigenvalue weighted by Gasteiger charge is -2.14. The third-order valence-corrected chi connectivity index (χ3v) is 4.44. The van der Waals surface area contributed by atoms with Crippen LogP contribution in [0.25, 0.3) is 21.9 Å². The molecule has 0 unspecified atom stereocenters. The summed E-state index contributed by atoms with van der Waals surface area (Å²) in [7, 11) is 0. The van der Waals surface area contributed by atoms with Gasteiger partial charge in [-0.3, -0.25) is 0 Å². The minimum atomic E-state index is -0.965. The largest absolute Gasteiger partial charge is 0.478 e. The van der Waals surface area contributed by atoms with Gasteiger partial charge >= 0.3 is 5.97 Å². The number of rotatable bonds is 4. The minimum Gasteiger partial charge on any atom is -0.478 e. The molecule has 3 heteroatoms. The molecule has 0 saturated heterocycles. The highest BCUT2D eigenvalue weighted by Gasteiger charge is 2.19. The van der Waals surface area contributed by atoms with Crippen LogP contribution < -0.4 is 0 Å². The van der Waals surface area contributed by atoms with Crippen molar-refractivity contribution in [3.63, 3.8) is 0 Å². The van der Waals surface area contributed by atoms with Crippen LogP contribution in [0.2, 0.25) is 5.02 Å². The Hall–Kier alpha value is -2.58. The molecule has 0 saturated carbocycles.